The van der Waals surface area contributed by atoms with E-state index in [9.17, 15) is 0 Å². The standard InChI is InChI=1S/C16H25S2/c1-3-5-10-16(18-13-8-9-14-18)15(4-2)17-11-6-7-12-17/h6-9,11-18H,2-5,10H2,1H3. The fourth-order valence-corrected chi connectivity index (χ4v) is 7.70. The summed E-state index contributed by atoms with van der Waals surface area (Å²) in [4.78, 5) is 0. The van der Waals surface area contributed by atoms with E-state index in [4.69, 9.17) is 0 Å². The molecule has 0 N–H and O–H groups in total. The van der Waals surface area contributed by atoms with Gasteiger partial charge in [0.2, 0.25) is 0 Å². The second kappa shape index (κ2) is 7.30. The van der Waals surface area contributed by atoms with Crippen molar-refractivity contribution in [1.29, 1.82) is 0 Å². The zero-order chi connectivity index (χ0) is 12.8. The van der Waals surface area contributed by atoms with Crippen LogP contribution in [-0.2, 0) is 0 Å². The predicted molar refractivity (Wildman–Crippen MR) is 91.6 cm³/mol. The molecule has 2 rings (SSSR count). The molecule has 0 bridgehead atoms. The Morgan fingerprint density at radius 3 is 1.83 bits per heavy atom. The molecule has 101 valence electrons. The molecule has 0 aromatic heterocycles. The fraction of sp³-hybridized carbons (Fsp3) is 0.438. The molecule has 18 heavy (non-hydrogen) atoms. The van der Waals surface area contributed by atoms with Crippen molar-refractivity contribution in [2.75, 3.05) is 0 Å². The summed E-state index contributed by atoms with van der Waals surface area (Å²) in [5.74, 6) is 0. The van der Waals surface area contributed by atoms with Crippen molar-refractivity contribution in [1.82, 2.24) is 0 Å². The lowest BCUT2D eigenvalue weighted by molar-refractivity contribution is 0.660. The first-order valence-electron chi connectivity index (χ1n) is 6.91. The molecule has 2 aliphatic heterocycles. The van der Waals surface area contributed by atoms with E-state index in [0.717, 1.165) is 16.9 Å². The van der Waals surface area contributed by atoms with Gasteiger partial charge in [-0.3, -0.25) is 0 Å². The molecule has 0 saturated heterocycles. The van der Waals surface area contributed by atoms with Crippen LogP contribution in [0.25, 0.3) is 0 Å². The van der Waals surface area contributed by atoms with E-state index in [2.05, 4.69) is 59.8 Å². The van der Waals surface area contributed by atoms with Gasteiger partial charge >= 0.3 is 0 Å². The van der Waals surface area contributed by atoms with E-state index in [1.165, 1.54) is 19.3 Å². The molecule has 1 radical (unpaired) electrons. The lowest BCUT2D eigenvalue weighted by atomic mass is 10.1. The molecule has 0 spiro atoms. The maximum atomic E-state index is 4.24. The summed E-state index contributed by atoms with van der Waals surface area (Å²) in [5, 5.41) is 11.3. The summed E-state index contributed by atoms with van der Waals surface area (Å²) in [6, 6.07) is 0. The molecule has 2 atom stereocenters. The van der Waals surface area contributed by atoms with Gasteiger partial charge in [0.1, 0.15) is 0 Å². The highest BCUT2D eigenvalue weighted by atomic mass is 32.2. The third-order valence-corrected chi connectivity index (χ3v) is 8.68. The molecular formula is C16H25S2. The largest absolute Gasteiger partial charge is 0.209 e. The van der Waals surface area contributed by atoms with E-state index in [1.807, 2.05) is 0 Å². The van der Waals surface area contributed by atoms with Gasteiger partial charge in [0.25, 0.3) is 0 Å². The monoisotopic (exact) mass is 281 g/mol. The number of hydrogen-bond acceptors (Lipinski definition) is 0. The van der Waals surface area contributed by atoms with E-state index in [-0.39, 0.29) is 21.8 Å². The van der Waals surface area contributed by atoms with Gasteiger partial charge in [0.15, 0.2) is 0 Å². The van der Waals surface area contributed by atoms with Gasteiger partial charge in [-0.2, -0.15) is 0 Å². The topological polar surface area (TPSA) is 0 Å². The Balaban J connectivity index is 2.09. The second-order valence-corrected chi connectivity index (χ2v) is 9.13. The van der Waals surface area contributed by atoms with Crippen LogP contribution in [0, 0.1) is 6.92 Å². The second-order valence-electron chi connectivity index (χ2n) is 4.83. The Morgan fingerprint density at radius 2 is 1.39 bits per heavy atom. The molecule has 2 heteroatoms. The Hall–Kier alpha value is -0.340. The Morgan fingerprint density at radius 1 is 0.889 bits per heavy atom. The maximum Gasteiger partial charge on any atom is 0.00383 e. The first-order chi connectivity index (χ1) is 8.86. The van der Waals surface area contributed by atoms with Gasteiger partial charge in [-0.25, -0.2) is 21.8 Å². The average molecular weight is 282 g/mol. The molecule has 0 amide bonds. The molecule has 0 saturated carbocycles. The fourth-order valence-electron chi connectivity index (χ4n) is 2.63. The summed E-state index contributed by atoms with van der Waals surface area (Å²) < 4.78 is 0. The summed E-state index contributed by atoms with van der Waals surface area (Å²) in [6.45, 7) is 6.54. The number of hydrogen-bond donors (Lipinski definition) is 2. The van der Waals surface area contributed by atoms with Gasteiger partial charge in [-0.1, -0.05) is 51.0 Å². The molecule has 0 nitrogen and oxygen atoms in total. The van der Waals surface area contributed by atoms with E-state index >= 15 is 0 Å². The highest BCUT2D eigenvalue weighted by Crippen LogP contribution is 2.52. The molecule has 0 aromatic carbocycles. The predicted octanol–water partition coefficient (Wildman–Crippen LogP) is 5.22. The minimum absolute atomic E-state index is 0.0341. The zero-order valence-electron chi connectivity index (χ0n) is 11.2. The van der Waals surface area contributed by atoms with E-state index < -0.39 is 0 Å². The number of rotatable bonds is 7. The van der Waals surface area contributed by atoms with Crippen LogP contribution in [-0.4, -0.2) is 10.5 Å². The van der Waals surface area contributed by atoms with Crippen molar-refractivity contribution in [3.63, 3.8) is 0 Å². The van der Waals surface area contributed by atoms with Crippen LogP contribution in [0.15, 0.2) is 45.9 Å². The van der Waals surface area contributed by atoms with Gasteiger partial charge in [0, 0.05) is 10.5 Å². The van der Waals surface area contributed by atoms with Crippen LogP contribution in [0.3, 0.4) is 0 Å². The van der Waals surface area contributed by atoms with E-state index in [1.54, 1.807) is 0 Å². The Labute approximate surface area is 118 Å². The molecule has 2 aliphatic rings. The smallest absolute Gasteiger partial charge is 0.00383 e. The SMILES string of the molecule is [CH2]CC(C(CCCC)[SH]1C=CC=C1)[SH]1C=CC=C1. The van der Waals surface area contributed by atoms with Gasteiger partial charge in [0.05, 0.1) is 0 Å². The summed E-state index contributed by atoms with van der Waals surface area (Å²) in [6.07, 6.45) is 14.0. The summed E-state index contributed by atoms with van der Waals surface area (Å²) in [7, 11) is -0.0900. The van der Waals surface area contributed by atoms with Crippen molar-refractivity contribution in [2.45, 2.75) is 43.1 Å². The first kappa shape index (κ1) is 14.1. The molecule has 2 unspecified atom stereocenters. The molecule has 2 heterocycles. The summed E-state index contributed by atoms with van der Waals surface area (Å²) in [5.41, 5.74) is 0. The number of thiol groups is 2. The molecule has 0 fully saturated rings. The van der Waals surface area contributed by atoms with Crippen molar-refractivity contribution in [2.24, 2.45) is 0 Å². The first-order valence-corrected chi connectivity index (χ1v) is 10.0. The third-order valence-electron chi connectivity index (χ3n) is 3.61. The highest BCUT2D eigenvalue weighted by Gasteiger charge is 2.27. The number of allylic oxidation sites excluding steroid dienone is 4. The maximum absolute atomic E-state index is 4.24. The van der Waals surface area contributed by atoms with Crippen molar-refractivity contribution >= 4 is 21.8 Å². The van der Waals surface area contributed by atoms with Crippen molar-refractivity contribution in [3.05, 3.63) is 52.9 Å². The van der Waals surface area contributed by atoms with Crippen LogP contribution in [0.4, 0.5) is 0 Å². The normalized spacial score (nSPS) is 24.1. The lowest BCUT2D eigenvalue weighted by Gasteiger charge is -2.36. The van der Waals surface area contributed by atoms with Crippen LogP contribution in [0.1, 0.15) is 32.6 Å². The van der Waals surface area contributed by atoms with Crippen LogP contribution in [0.2, 0.25) is 0 Å². The lowest BCUT2D eigenvalue weighted by Crippen LogP contribution is -2.23. The third kappa shape index (κ3) is 3.36. The molecular weight excluding hydrogens is 256 g/mol. The van der Waals surface area contributed by atoms with E-state index in [0.29, 0.717) is 0 Å². The minimum atomic E-state index is -0.0559. The zero-order valence-corrected chi connectivity index (χ0v) is 13.0. The Kier molecular flexibility index (Phi) is 5.71. The van der Waals surface area contributed by atoms with Crippen molar-refractivity contribution in [3.8, 4) is 0 Å². The van der Waals surface area contributed by atoms with Gasteiger partial charge in [-0.05, 0) is 34.5 Å². The molecule has 0 aliphatic carbocycles. The van der Waals surface area contributed by atoms with Gasteiger partial charge < -0.3 is 0 Å². The minimum Gasteiger partial charge on any atom is -0.209 e. The number of unbranched alkanes of at least 4 members (excludes halogenated alkanes) is 1. The molecule has 0 aromatic rings. The average Bonchev–Trinajstić information content (AvgIpc) is 3.06. The summed E-state index contributed by atoms with van der Waals surface area (Å²) >= 11 is 0. The van der Waals surface area contributed by atoms with Crippen molar-refractivity contribution < 1.29 is 0 Å². The highest BCUT2D eigenvalue weighted by molar-refractivity contribution is 8.26. The Bertz CT molecular complexity index is 341. The van der Waals surface area contributed by atoms with Gasteiger partial charge in [-0.15, -0.1) is 0 Å². The quantitative estimate of drug-likeness (QED) is 0.587. The van der Waals surface area contributed by atoms with Crippen LogP contribution < -0.4 is 0 Å². The van der Waals surface area contributed by atoms with Crippen LogP contribution >= 0.6 is 21.8 Å². The van der Waals surface area contributed by atoms with Crippen LogP contribution in [0.5, 0.6) is 0 Å².